The molecule has 1 N–H and O–H groups in total. The van der Waals surface area contributed by atoms with E-state index >= 15 is 0 Å². The second kappa shape index (κ2) is 9.09. The maximum Gasteiger partial charge on any atom is 0.573 e. The van der Waals surface area contributed by atoms with Crippen LogP contribution in [0.1, 0.15) is 56.4 Å². The average molecular weight is 489 g/mol. The molecule has 1 fully saturated rings. The summed E-state index contributed by atoms with van der Waals surface area (Å²) in [5.41, 5.74) is 2.89. The SMILES string of the molecule is CC1CC(n2c(Nc3ccc(OC(F)(F)F)cc3)nc3cc(C(=O)N(C)C)ccc32)CC(C)(C)C1. The van der Waals surface area contributed by atoms with Crippen molar-refractivity contribution in [3.63, 3.8) is 0 Å². The number of carbonyl (C=O) groups is 1. The average Bonchev–Trinajstić information content (AvgIpc) is 3.09. The summed E-state index contributed by atoms with van der Waals surface area (Å²) in [7, 11) is 3.41. The van der Waals surface area contributed by atoms with Crippen molar-refractivity contribution in [1.29, 1.82) is 0 Å². The standard InChI is InChI=1S/C26H31F3N4O2/c1-16-12-19(15-25(2,3)14-16)33-22-11-6-17(23(34)32(4)5)13-21(22)31-24(33)30-18-7-9-20(10-8-18)35-26(27,28)29/h6-11,13,16,19H,12,14-15H2,1-5H3,(H,30,31). The number of fused-ring (bicyclic) bond motifs is 1. The van der Waals surface area contributed by atoms with Gasteiger partial charge >= 0.3 is 6.36 Å². The molecule has 0 spiro atoms. The van der Waals surface area contributed by atoms with Gasteiger partial charge in [0.05, 0.1) is 11.0 Å². The third-order valence-corrected chi connectivity index (χ3v) is 6.42. The molecule has 0 aliphatic heterocycles. The van der Waals surface area contributed by atoms with E-state index in [9.17, 15) is 18.0 Å². The van der Waals surface area contributed by atoms with Gasteiger partial charge in [-0.3, -0.25) is 4.79 Å². The van der Waals surface area contributed by atoms with Gasteiger partial charge in [-0.15, -0.1) is 13.2 Å². The van der Waals surface area contributed by atoms with Gasteiger partial charge < -0.3 is 19.5 Å². The number of benzene rings is 2. The second-order valence-electron chi connectivity index (χ2n) is 10.5. The molecular weight excluding hydrogens is 457 g/mol. The number of aromatic nitrogens is 2. The lowest BCUT2D eigenvalue weighted by atomic mass is 9.70. The Bertz CT molecular complexity index is 1220. The van der Waals surface area contributed by atoms with Crippen LogP contribution in [0.3, 0.4) is 0 Å². The smallest absolute Gasteiger partial charge is 0.406 e. The minimum Gasteiger partial charge on any atom is -0.406 e. The van der Waals surface area contributed by atoms with Crippen LogP contribution in [0.15, 0.2) is 42.5 Å². The maximum absolute atomic E-state index is 12.5. The van der Waals surface area contributed by atoms with Crippen molar-refractivity contribution in [2.75, 3.05) is 19.4 Å². The van der Waals surface area contributed by atoms with Crippen LogP contribution >= 0.6 is 0 Å². The number of hydrogen-bond donors (Lipinski definition) is 1. The summed E-state index contributed by atoms with van der Waals surface area (Å²) in [4.78, 5) is 18.8. The van der Waals surface area contributed by atoms with Crippen molar-refractivity contribution in [2.24, 2.45) is 11.3 Å². The maximum atomic E-state index is 12.5. The number of amides is 1. The molecule has 2 unspecified atom stereocenters. The Labute approximate surface area is 203 Å². The van der Waals surface area contributed by atoms with E-state index in [1.165, 1.54) is 29.2 Å². The Hall–Kier alpha value is -3.23. The van der Waals surface area contributed by atoms with Crippen LogP contribution in [0.5, 0.6) is 5.75 Å². The number of hydrogen-bond acceptors (Lipinski definition) is 4. The summed E-state index contributed by atoms with van der Waals surface area (Å²) in [6, 6.07) is 11.3. The normalized spacial score (nSPS) is 20.0. The molecule has 0 bridgehead atoms. The van der Waals surface area contributed by atoms with Gasteiger partial charge in [0.15, 0.2) is 0 Å². The van der Waals surface area contributed by atoms with Gasteiger partial charge in [0.2, 0.25) is 5.95 Å². The van der Waals surface area contributed by atoms with Crippen LogP contribution in [0.2, 0.25) is 0 Å². The first-order valence-corrected chi connectivity index (χ1v) is 11.7. The van der Waals surface area contributed by atoms with Gasteiger partial charge in [-0.1, -0.05) is 20.8 Å². The highest BCUT2D eigenvalue weighted by Crippen LogP contribution is 2.46. The lowest BCUT2D eigenvalue weighted by molar-refractivity contribution is -0.274. The van der Waals surface area contributed by atoms with Crippen molar-refractivity contribution in [1.82, 2.24) is 14.5 Å². The molecule has 6 nitrogen and oxygen atoms in total. The Kier molecular flexibility index (Phi) is 6.46. The van der Waals surface area contributed by atoms with E-state index in [0.717, 1.165) is 24.8 Å². The van der Waals surface area contributed by atoms with Crippen molar-refractivity contribution < 1.29 is 22.7 Å². The minimum atomic E-state index is -4.74. The highest BCUT2D eigenvalue weighted by Gasteiger charge is 2.35. The summed E-state index contributed by atoms with van der Waals surface area (Å²) in [5, 5.41) is 3.28. The molecule has 188 valence electrons. The Morgan fingerprint density at radius 1 is 1.14 bits per heavy atom. The van der Waals surface area contributed by atoms with Crippen molar-refractivity contribution >= 4 is 28.6 Å². The monoisotopic (exact) mass is 488 g/mol. The van der Waals surface area contributed by atoms with Crippen molar-refractivity contribution in [2.45, 2.75) is 52.4 Å². The molecule has 2 aromatic carbocycles. The van der Waals surface area contributed by atoms with E-state index < -0.39 is 6.36 Å². The second-order valence-corrected chi connectivity index (χ2v) is 10.5. The molecule has 1 heterocycles. The molecule has 0 saturated heterocycles. The molecular formula is C26H31F3N4O2. The van der Waals surface area contributed by atoms with Crippen LogP contribution < -0.4 is 10.1 Å². The molecule has 1 saturated carbocycles. The van der Waals surface area contributed by atoms with Crippen molar-refractivity contribution in [3.05, 3.63) is 48.0 Å². The summed E-state index contributed by atoms with van der Waals surface area (Å²) < 4.78 is 43.7. The van der Waals surface area contributed by atoms with Crippen LogP contribution in [-0.4, -0.2) is 40.8 Å². The number of ether oxygens (including phenoxy) is 1. The van der Waals surface area contributed by atoms with Gasteiger partial charge in [-0.2, -0.15) is 0 Å². The first-order valence-electron chi connectivity index (χ1n) is 11.7. The summed E-state index contributed by atoms with van der Waals surface area (Å²) in [5.74, 6) is 0.728. The molecule has 1 aliphatic rings. The van der Waals surface area contributed by atoms with Gasteiger partial charge in [-0.05, 0) is 73.1 Å². The molecule has 1 aliphatic carbocycles. The first-order chi connectivity index (χ1) is 16.3. The fraction of sp³-hybridized carbons (Fsp3) is 0.462. The number of nitrogens with zero attached hydrogens (tertiary/aromatic N) is 3. The van der Waals surface area contributed by atoms with Gasteiger partial charge in [0.25, 0.3) is 5.91 Å². The Morgan fingerprint density at radius 3 is 2.43 bits per heavy atom. The number of nitrogens with one attached hydrogen (secondary N) is 1. The van der Waals surface area contributed by atoms with E-state index in [0.29, 0.717) is 28.6 Å². The predicted octanol–water partition coefficient (Wildman–Crippen LogP) is 6.77. The number of carbonyl (C=O) groups excluding carboxylic acids is 1. The molecule has 1 amide bonds. The topological polar surface area (TPSA) is 59.4 Å². The zero-order valence-corrected chi connectivity index (χ0v) is 20.6. The highest BCUT2D eigenvalue weighted by atomic mass is 19.4. The number of anilines is 2. The molecule has 3 aromatic rings. The van der Waals surface area contributed by atoms with Crippen LogP contribution in [-0.2, 0) is 0 Å². The summed E-state index contributed by atoms with van der Waals surface area (Å²) in [6.07, 6.45) is -1.65. The quantitative estimate of drug-likeness (QED) is 0.431. The summed E-state index contributed by atoms with van der Waals surface area (Å²) >= 11 is 0. The molecule has 1 aromatic heterocycles. The Balaban J connectivity index is 1.74. The van der Waals surface area contributed by atoms with E-state index in [-0.39, 0.29) is 23.1 Å². The highest BCUT2D eigenvalue weighted by molar-refractivity contribution is 5.97. The van der Waals surface area contributed by atoms with Crippen LogP contribution in [0, 0.1) is 11.3 Å². The number of halogens is 3. The lowest BCUT2D eigenvalue weighted by Gasteiger charge is -2.40. The summed E-state index contributed by atoms with van der Waals surface area (Å²) in [6.45, 7) is 6.80. The lowest BCUT2D eigenvalue weighted by Crippen LogP contribution is -2.29. The van der Waals surface area contributed by atoms with E-state index in [1.807, 2.05) is 12.1 Å². The minimum absolute atomic E-state index is 0.108. The first kappa shape index (κ1) is 24.9. The molecule has 0 radical (unpaired) electrons. The van der Waals surface area contributed by atoms with E-state index in [4.69, 9.17) is 4.98 Å². The number of imidazole rings is 1. The predicted molar refractivity (Wildman–Crippen MR) is 130 cm³/mol. The van der Waals surface area contributed by atoms with Gasteiger partial charge in [0.1, 0.15) is 5.75 Å². The third kappa shape index (κ3) is 5.71. The fourth-order valence-corrected chi connectivity index (χ4v) is 5.31. The van der Waals surface area contributed by atoms with Crippen molar-refractivity contribution in [3.8, 4) is 5.75 Å². The van der Waals surface area contributed by atoms with Gasteiger partial charge in [0, 0.05) is 31.4 Å². The van der Waals surface area contributed by atoms with Crippen LogP contribution in [0.4, 0.5) is 24.8 Å². The molecule has 4 rings (SSSR count). The molecule has 9 heteroatoms. The van der Waals surface area contributed by atoms with E-state index in [1.54, 1.807) is 20.2 Å². The van der Waals surface area contributed by atoms with Crippen LogP contribution in [0.25, 0.3) is 11.0 Å². The fourth-order valence-electron chi connectivity index (χ4n) is 5.31. The van der Waals surface area contributed by atoms with E-state index in [2.05, 4.69) is 35.4 Å². The largest absolute Gasteiger partial charge is 0.573 e. The zero-order chi connectivity index (χ0) is 25.5. The molecule has 35 heavy (non-hydrogen) atoms. The zero-order valence-electron chi connectivity index (χ0n) is 20.6. The van der Waals surface area contributed by atoms with Gasteiger partial charge in [-0.25, -0.2) is 4.98 Å². The Morgan fingerprint density at radius 2 is 1.83 bits per heavy atom. The third-order valence-electron chi connectivity index (χ3n) is 6.42. The number of alkyl halides is 3. The molecule has 2 atom stereocenters. The number of rotatable bonds is 5.